The second-order valence-electron chi connectivity index (χ2n) is 6.76. The van der Waals surface area contributed by atoms with Crippen LogP contribution >= 0.6 is 0 Å². The zero-order valence-corrected chi connectivity index (χ0v) is 14.7. The molecule has 0 saturated carbocycles. The van der Waals surface area contributed by atoms with Crippen molar-refractivity contribution in [3.8, 4) is 0 Å². The molecule has 1 atom stereocenters. The topological polar surface area (TPSA) is 119 Å². The molecule has 0 unspecified atom stereocenters. The second kappa shape index (κ2) is 6.44. The normalized spacial score (nSPS) is 17.4. The van der Waals surface area contributed by atoms with Crippen LogP contribution in [0.1, 0.15) is 12.8 Å². The van der Waals surface area contributed by atoms with Gasteiger partial charge in [0.1, 0.15) is 11.6 Å². The van der Waals surface area contributed by atoms with Gasteiger partial charge in [0.15, 0.2) is 5.65 Å². The highest BCUT2D eigenvalue weighted by Crippen LogP contribution is 2.24. The standard InChI is InChI=1S/C18H20N9/c19-17-13-7-6-11(9-14(13)24-25-17)22-18-23-16-5-1-4-15(27(16)26-18)21-12-3-2-8-20-10-12/h1,4-7,9,12,19-21H,2-3,8,10H2,(H,22,26)(H,24,25)/t12-/m0/s1. The van der Waals surface area contributed by atoms with Crippen molar-refractivity contribution < 1.29 is 0 Å². The van der Waals surface area contributed by atoms with E-state index in [4.69, 9.17) is 5.73 Å². The Kier molecular flexibility index (Phi) is 3.79. The number of aromatic amines is 1. The van der Waals surface area contributed by atoms with Crippen LogP contribution in [0.25, 0.3) is 16.6 Å². The Morgan fingerprint density at radius 2 is 2.19 bits per heavy atom. The highest BCUT2D eigenvalue weighted by Gasteiger charge is 2.15. The van der Waals surface area contributed by atoms with Gasteiger partial charge in [-0.1, -0.05) is 6.07 Å². The molecule has 9 heteroatoms. The molecular weight excluding hydrogens is 342 g/mol. The number of nitrogens with one attached hydrogen (secondary N) is 5. The lowest BCUT2D eigenvalue weighted by Crippen LogP contribution is -2.38. The van der Waals surface area contributed by atoms with E-state index in [1.54, 1.807) is 0 Å². The van der Waals surface area contributed by atoms with E-state index in [1.165, 1.54) is 6.42 Å². The predicted molar refractivity (Wildman–Crippen MR) is 105 cm³/mol. The largest absolute Gasteiger partial charge is 0.366 e. The Balaban J connectivity index is 1.42. The van der Waals surface area contributed by atoms with Gasteiger partial charge in [-0.25, -0.2) is 0 Å². The molecule has 3 aromatic heterocycles. The maximum atomic E-state index is 7.76. The minimum absolute atomic E-state index is 0.315. The fraction of sp³-hybridized carbons (Fsp3) is 0.278. The Hall–Kier alpha value is -3.33. The lowest BCUT2D eigenvalue weighted by molar-refractivity contribution is 0.478. The van der Waals surface area contributed by atoms with Crippen molar-refractivity contribution in [2.45, 2.75) is 18.9 Å². The van der Waals surface area contributed by atoms with Gasteiger partial charge in [0.2, 0.25) is 5.95 Å². The Morgan fingerprint density at radius 1 is 1.22 bits per heavy atom. The summed E-state index contributed by atoms with van der Waals surface area (Å²) in [5.41, 5.74) is 10.1. The van der Waals surface area contributed by atoms with Gasteiger partial charge in [0.25, 0.3) is 0 Å². The first-order chi connectivity index (χ1) is 13.3. The molecule has 4 aromatic rings. The number of anilines is 3. The van der Waals surface area contributed by atoms with Gasteiger partial charge in [0, 0.05) is 23.7 Å². The van der Waals surface area contributed by atoms with E-state index in [9.17, 15) is 0 Å². The minimum Gasteiger partial charge on any atom is -0.366 e. The predicted octanol–water partition coefficient (Wildman–Crippen LogP) is 2.43. The smallest absolute Gasteiger partial charge is 0.247 e. The third-order valence-corrected chi connectivity index (χ3v) is 4.82. The van der Waals surface area contributed by atoms with Crippen LogP contribution < -0.4 is 21.7 Å². The van der Waals surface area contributed by atoms with Gasteiger partial charge < -0.3 is 16.0 Å². The van der Waals surface area contributed by atoms with Gasteiger partial charge in [-0.2, -0.15) is 14.6 Å². The highest BCUT2D eigenvalue weighted by atomic mass is 15.4. The Morgan fingerprint density at radius 3 is 3.07 bits per heavy atom. The molecular formula is C18H20N9. The third-order valence-electron chi connectivity index (χ3n) is 4.82. The summed E-state index contributed by atoms with van der Waals surface area (Å²) in [6, 6.07) is 12.0. The van der Waals surface area contributed by atoms with Crippen molar-refractivity contribution >= 4 is 39.8 Å². The number of rotatable bonds is 4. The molecule has 5 N–H and O–H groups in total. The van der Waals surface area contributed by atoms with Gasteiger partial charge in [-0.3, -0.25) is 10.8 Å². The molecule has 0 amide bonds. The maximum absolute atomic E-state index is 7.76. The van der Waals surface area contributed by atoms with Crippen molar-refractivity contribution in [2.24, 2.45) is 0 Å². The molecule has 0 aliphatic carbocycles. The van der Waals surface area contributed by atoms with E-state index < -0.39 is 0 Å². The van der Waals surface area contributed by atoms with Crippen LogP contribution in [-0.4, -0.2) is 43.9 Å². The van der Waals surface area contributed by atoms with Crippen LogP contribution in [0, 0.1) is 0 Å². The number of aromatic nitrogens is 5. The molecule has 0 bridgehead atoms. The maximum Gasteiger partial charge on any atom is 0.247 e. The van der Waals surface area contributed by atoms with Gasteiger partial charge >= 0.3 is 0 Å². The zero-order valence-electron chi connectivity index (χ0n) is 14.7. The lowest BCUT2D eigenvalue weighted by Gasteiger charge is -2.24. The van der Waals surface area contributed by atoms with Crippen molar-refractivity contribution in [1.82, 2.24) is 35.8 Å². The lowest BCUT2D eigenvalue weighted by atomic mass is 10.1. The summed E-state index contributed by atoms with van der Waals surface area (Å²) in [5, 5.41) is 22.4. The first-order valence-electron chi connectivity index (χ1n) is 9.06. The van der Waals surface area contributed by atoms with E-state index in [2.05, 4.69) is 36.2 Å². The third kappa shape index (κ3) is 3.02. The summed E-state index contributed by atoms with van der Waals surface area (Å²) >= 11 is 0. The summed E-state index contributed by atoms with van der Waals surface area (Å²) < 4.78 is 1.83. The van der Waals surface area contributed by atoms with Gasteiger partial charge in [-0.05, 0) is 49.7 Å². The molecule has 0 spiro atoms. The van der Waals surface area contributed by atoms with Crippen LogP contribution in [0.2, 0.25) is 0 Å². The van der Waals surface area contributed by atoms with Crippen molar-refractivity contribution in [1.29, 1.82) is 0 Å². The monoisotopic (exact) mass is 362 g/mol. The molecule has 1 aliphatic heterocycles. The molecule has 1 aromatic carbocycles. The molecule has 1 aliphatic rings. The van der Waals surface area contributed by atoms with E-state index in [0.717, 1.165) is 47.6 Å². The quantitative estimate of drug-likeness (QED) is 0.443. The summed E-state index contributed by atoms with van der Waals surface area (Å²) in [5.74, 6) is 1.77. The Labute approximate surface area is 155 Å². The molecule has 1 saturated heterocycles. The number of benzene rings is 1. The van der Waals surface area contributed by atoms with Crippen LogP contribution in [0.4, 0.5) is 23.3 Å². The molecule has 5 rings (SSSR count). The number of fused-ring (bicyclic) bond motifs is 2. The average Bonchev–Trinajstić information content (AvgIpc) is 3.26. The zero-order chi connectivity index (χ0) is 18.2. The number of piperidine rings is 1. The fourth-order valence-electron chi connectivity index (χ4n) is 3.47. The molecule has 4 heterocycles. The number of nitrogens with zero attached hydrogens (tertiary/aromatic N) is 4. The molecule has 1 fully saturated rings. The first kappa shape index (κ1) is 15.9. The first-order valence-corrected chi connectivity index (χ1v) is 9.06. The van der Waals surface area contributed by atoms with Crippen molar-refractivity contribution in [2.75, 3.05) is 23.7 Å². The van der Waals surface area contributed by atoms with E-state index in [-0.39, 0.29) is 0 Å². The molecule has 27 heavy (non-hydrogen) atoms. The van der Waals surface area contributed by atoms with E-state index >= 15 is 0 Å². The van der Waals surface area contributed by atoms with E-state index in [1.807, 2.05) is 40.9 Å². The number of H-pyrrole nitrogens is 1. The van der Waals surface area contributed by atoms with Crippen molar-refractivity contribution in [3.63, 3.8) is 0 Å². The van der Waals surface area contributed by atoms with Crippen LogP contribution in [0.3, 0.4) is 0 Å². The second-order valence-corrected chi connectivity index (χ2v) is 6.76. The van der Waals surface area contributed by atoms with Crippen molar-refractivity contribution in [3.05, 3.63) is 36.4 Å². The van der Waals surface area contributed by atoms with Gasteiger partial charge in [0.05, 0.1) is 5.52 Å². The fourth-order valence-corrected chi connectivity index (χ4v) is 3.47. The van der Waals surface area contributed by atoms with Crippen LogP contribution in [0.15, 0.2) is 36.4 Å². The van der Waals surface area contributed by atoms with Crippen LogP contribution in [-0.2, 0) is 0 Å². The average molecular weight is 362 g/mol. The summed E-state index contributed by atoms with van der Waals surface area (Å²) in [7, 11) is 0. The number of hydrogen-bond acceptors (Lipinski definition) is 6. The SMILES string of the molecule is [NH]c1[nH]nc2cc(Nc3nc4cccc(N[C@H]5CCCNC5)n4n3)ccc12. The summed E-state index contributed by atoms with van der Waals surface area (Å²) in [6.07, 6.45) is 2.32. The number of hydrogen-bond donors (Lipinski definition) is 4. The highest BCUT2D eigenvalue weighted by molar-refractivity contribution is 5.90. The van der Waals surface area contributed by atoms with Gasteiger partial charge in [-0.15, -0.1) is 5.10 Å². The summed E-state index contributed by atoms with van der Waals surface area (Å²) in [4.78, 5) is 4.57. The van der Waals surface area contributed by atoms with Crippen LogP contribution in [0.5, 0.6) is 0 Å². The molecule has 9 nitrogen and oxygen atoms in total. The summed E-state index contributed by atoms with van der Waals surface area (Å²) in [6.45, 7) is 2.04. The molecule has 1 radical (unpaired) electrons. The van der Waals surface area contributed by atoms with E-state index in [0.29, 0.717) is 17.8 Å². The Bertz CT molecular complexity index is 1090. The minimum atomic E-state index is 0.315. The number of pyridine rings is 1. The molecule has 137 valence electrons.